The fraction of sp³-hybridized carbons (Fsp3) is 0.529. The standard InChI is InChI=1S/C17H25NO4/c1-6-11(3)15(17(20)21)18-16(19)13(5)22-14-9-10(2)7-8-12(14)4/h7-9,11,13,15H,6H2,1-5H3,(H,18,19)(H,20,21). The van der Waals surface area contributed by atoms with E-state index in [9.17, 15) is 14.7 Å². The van der Waals surface area contributed by atoms with Gasteiger partial charge in [-0.2, -0.15) is 0 Å². The smallest absolute Gasteiger partial charge is 0.326 e. The molecule has 22 heavy (non-hydrogen) atoms. The first-order chi connectivity index (χ1) is 10.3. The molecule has 0 aliphatic heterocycles. The molecular formula is C17H25NO4. The molecule has 122 valence electrons. The number of carboxylic acid groups (broad SMARTS) is 1. The summed E-state index contributed by atoms with van der Waals surface area (Å²) in [5, 5.41) is 11.8. The predicted octanol–water partition coefficient (Wildman–Crippen LogP) is 2.69. The number of amides is 1. The minimum atomic E-state index is -1.03. The second-order valence-corrected chi connectivity index (χ2v) is 5.74. The van der Waals surface area contributed by atoms with Crippen molar-refractivity contribution in [2.75, 3.05) is 0 Å². The summed E-state index contributed by atoms with van der Waals surface area (Å²) in [7, 11) is 0. The molecule has 1 aromatic carbocycles. The largest absolute Gasteiger partial charge is 0.481 e. The lowest BCUT2D eigenvalue weighted by molar-refractivity contribution is -0.144. The summed E-state index contributed by atoms with van der Waals surface area (Å²) < 4.78 is 5.68. The maximum atomic E-state index is 12.2. The third-order valence-electron chi connectivity index (χ3n) is 3.79. The van der Waals surface area contributed by atoms with Gasteiger partial charge in [-0.1, -0.05) is 32.4 Å². The summed E-state index contributed by atoms with van der Waals surface area (Å²) in [4.78, 5) is 23.4. The van der Waals surface area contributed by atoms with Crippen LogP contribution in [0, 0.1) is 19.8 Å². The Morgan fingerprint density at radius 2 is 1.91 bits per heavy atom. The Kier molecular flexibility index (Phi) is 6.40. The van der Waals surface area contributed by atoms with Gasteiger partial charge in [0.1, 0.15) is 11.8 Å². The van der Waals surface area contributed by atoms with Crippen LogP contribution in [0.5, 0.6) is 5.75 Å². The Hall–Kier alpha value is -2.04. The first kappa shape index (κ1) is 18.0. The Labute approximate surface area is 131 Å². The number of hydrogen-bond acceptors (Lipinski definition) is 3. The number of hydrogen-bond donors (Lipinski definition) is 2. The number of benzene rings is 1. The summed E-state index contributed by atoms with van der Waals surface area (Å²) in [6.07, 6.45) is -0.0878. The Balaban J connectivity index is 2.76. The van der Waals surface area contributed by atoms with Crippen molar-refractivity contribution in [1.29, 1.82) is 0 Å². The van der Waals surface area contributed by atoms with E-state index in [2.05, 4.69) is 5.32 Å². The lowest BCUT2D eigenvalue weighted by Crippen LogP contribution is -2.49. The predicted molar refractivity (Wildman–Crippen MR) is 85.0 cm³/mol. The van der Waals surface area contributed by atoms with Crippen LogP contribution in [0.25, 0.3) is 0 Å². The molecule has 0 bridgehead atoms. The van der Waals surface area contributed by atoms with E-state index in [1.165, 1.54) is 0 Å². The number of aryl methyl sites for hydroxylation is 2. The fourth-order valence-corrected chi connectivity index (χ4v) is 2.03. The molecule has 2 N–H and O–H groups in total. The summed E-state index contributed by atoms with van der Waals surface area (Å²) in [6, 6.07) is 4.86. The number of carbonyl (C=O) groups is 2. The van der Waals surface area contributed by atoms with Gasteiger partial charge >= 0.3 is 5.97 Å². The van der Waals surface area contributed by atoms with Crippen molar-refractivity contribution in [3.8, 4) is 5.75 Å². The van der Waals surface area contributed by atoms with E-state index in [1.807, 2.05) is 39.0 Å². The van der Waals surface area contributed by atoms with E-state index in [0.717, 1.165) is 11.1 Å². The summed E-state index contributed by atoms with van der Waals surface area (Å²) in [6.45, 7) is 9.16. The molecule has 0 aliphatic carbocycles. The van der Waals surface area contributed by atoms with Crippen molar-refractivity contribution >= 4 is 11.9 Å². The van der Waals surface area contributed by atoms with Gasteiger partial charge in [0, 0.05) is 0 Å². The SMILES string of the molecule is CCC(C)C(NC(=O)C(C)Oc1cc(C)ccc1C)C(=O)O. The van der Waals surface area contributed by atoms with Crippen LogP contribution in [0.3, 0.4) is 0 Å². The molecule has 0 fully saturated rings. The van der Waals surface area contributed by atoms with E-state index in [1.54, 1.807) is 13.8 Å². The zero-order valence-corrected chi connectivity index (χ0v) is 13.8. The van der Waals surface area contributed by atoms with E-state index in [0.29, 0.717) is 12.2 Å². The molecule has 0 radical (unpaired) electrons. The average Bonchev–Trinajstić information content (AvgIpc) is 2.47. The van der Waals surface area contributed by atoms with Crippen molar-refractivity contribution in [3.05, 3.63) is 29.3 Å². The zero-order chi connectivity index (χ0) is 16.9. The summed E-state index contributed by atoms with van der Waals surface area (Å²) in [5.41, 5.74) is 1.97. The van der Waals surface area contributed by atoms with Crippen molar-refractivity contribution in [3.63, 3.8) is 0 Å². The van der Waals surface area contributed by atoms with Gasteiger partial charge in [0.25, 0.3) is 5.91 Å². The van der Waals surface area contributed by atoms with Crippen molar-refractivity contribution in [2.45, 2.75) is 53.2 Å². The molecular weight excluding hydrogens is 282 g/mol. The highest BCUT2D eigenvalue weighted by Gasteiger charge is 2.28. The summed E-state index contributed by atoms with van der Waals surface area (Å²) >= 11 is 0. The molecule has 0 aliphatic rings. The number of ether oxygens (including phenoxy) is 1. The molecule has 0 spiro atoms. The average molecular weight is 307 g/mol. The minimum Gasteiger partial charge on any atom is -0.481 e. The maximum absolute atomic E-state index is 12.2. The monoisotopic (exact) mass is 307 g/mol. The second kappa shape index (κ2) is 7.82. The van der Waals surface area contributed by atoms with Gasteiger partial charge in [-0.3, -0.25) is 4.79 Å². The fourth-order valence-electron chi connectivity index (χ4n) is 2.03. The number of carboxylic acids is 1. The quantitative estimate of drug-likeness (QED) is 0.812. The van der Waals surface area contributed by atoms with Gasteiger partial charge in [-0.05, 0) is 43.9 Å². The Bertz CT molecular complexity index is 541. The van der Waals surface area contributed by atoms with Crippen LogP contribution in [-0.2, 0) is 9.59 Å². The van der Waals surface area contributed by atoms with Crippen LogP contribution in [0.15, 0.2) is 18.2 Å². The molecule has 5 nitrogen and oxygen atoms in total. The van der Waals surface area contributed by atoms with E-state index in [4.69, 9.17) is 4.74 Å². The van der Waals surface area contributed by atoms with Crippen molar-refractivity contribution in [1.82, 2.24) is 5.32 Å². The van der Waals surface area contributed by atoms with Crippen molar-refractivity contribution < 1.29 is 19.4 Å². The maximum Gasteiger partial charge on any atom is 0.326 e. The number of rotatable bonds is 7. The van der Waals surface area contributed by atoms with Crippen LogP contribution in [0.2, 0.25) is 0 Å². The van der Waals surface area contributed by atoms with Crippen LogP contribution in [0.4, 0.5) is 0 Å². The highest BCUT2D eigenvalue weighted by molar-refractivity contribution is 5.86. The molecule has 3 unspecified atom stereocenters. The van der Waals surface area contributed by atoms with Gasteiger partial charge in [0.05, 0.1) is 0 Å². The van der Waals surface area contributed by atoms with E-state index >= 15 is 0 Å². The molecule has 0 saturated carbocycles. The molecule has 0 aromatic heterocycles. The van der Waals surface area contributed by atoms with E-state index < -0.39 is 24.0 Å². The third kappa shape index (κ3) is 4.76. The van der Waals surface area contributed by atoms with Crippen LogP contribution in [-0.4, -0.2) is 29.1 Å². The van der Waals surface area contributed by atoms with Crippen molar-refractivity contribution in [2.24, 2.45) is 5.92 Å². The van der Waals surface area contributed by atoms with Gasteiger partial charge in [0.2, 0.25) is 0 Å². The van der Waals surface area contributed by atoms with Crippen LogP contribution in [0.1, 0.15) is 38.3 Å². The molecule has 5 heteroatoms. The Morgan fingerprint density at radius 3 is 2.45 bits per heavy atom. The van der Waals surface area contributed by atoms with E-state index in [-0.39, 0.29) is 5.92 Å². The molecule has 3 atom stereocenters. The molecule has 0 saturated heterocycles. The third-order valence-corrected chi connectivity index (χ3v) is 3.79. The first-order valence-corrected chi connectivity index (χ1v) is 7.53. The number of nitrogens with one attached hydrogen (secondary N) is 1. The zero-order valence-electron chi connectivity index (χ0n) is 13.8. The highest BCUT2D eigenvalue weighted by Crippen LogP contribution is 2.20. The Morgan fingerprint density at radius 1 is 1.27 bits per heavy atom. The minimum absolute atomic E-state index is 0.144. The topological polar surface area (TPSA) is 75.6 Å². The lowest BCUT2D eigenvalue weighted by atomic mass is 9.99. The lowest BCUT2D eigenvalue weighted by Gasteiger charge is -2.23. The van der Waals surface area contributed by atoms with Gasteiger partial charge in [0.15, 0.2) is 6.10 Å². The first-order valence-electron chi connectivity index (χ1n) is 7.53. The summed E-state index contributed by atoms with van der Waals surface area (Å²) in [5.74, 6) is -0.956. The second-order valence-electron chi connectivity index (χ2n) is 5.74. The van der Waals surface area contributed by atoms with Gasteiger partial charge < -0.3 is 15.2 Å². The molecule has 1 aromatic rings. The normalized spacial score (nSPS) is 14.8. The molecule has 0 heterocycles. The van der Waals surface area contributed by atoms with Gasteiger partial charge in [-0.25, -0.2) is 4.79 Å². The van der Waals surface area contributed by atoms with Crippen LogP contribution >= 0.6 is 0 Å². The number of aliphatic carboxylic acids is 1. The number of carbonyl (C=O) groups excluding carboxylic acids is 1. The molecule has 1 amide bonds. The highest BCUT2D eigenvalue weighted by atomic mass is 16.5. The van der Waals surface area contributed by atoms with Crippen LogP contribution < -0.4 is 10.1 Å². The molecule has 1 rings (SSSR count). The van der Waals surface area contributed by atoms with Gasteiger partial charge in [-0.15, -0.1) is 0 Å².